The van der Waals surface area contributed by atoms with Gasteiger partial charge in [0.2, 0.25) is 0 Å². The fourth-order valence-corrected chi connectivity index (χ4v) is 12.7. The summed E-state index contributed by atoms with van der Waals surface area (Å²) in [7, 11) is 0. The minimum absolute atomic E-state index is 0.856. The third kappa shape index (κ3) is 7.67. The number of benzene rings is 9. The van der Waals surface area contributed by atoms with Crippen molar-refractivity contribution in [2.75, 3.05) is 0 Å². The SMILES string of the molecule is C1=CC(c2cccc(-n3c4ccccc4c4cccc(-c5cc(-c6cccc7c8ccccc8n(-c8cccc(-c9ccccc9)n8)c67)cc(-c6cccc7c8ccccc8n(-c8cccc(-c9ccccc9)n8)c67)c5)c43)n2)=CCC1. The van der Waals surface area contributed by atoms with Crippen LogP contribution in [0.3, 0.4) is 0 Å². The molecule has 0 saturated heterocycles. The van der Waals surface area contributed by atoms with E-state index in [0.29, 0.717) is 0 Å². The van der Waals surface area contributed by atoms with Crippen LogP contribution in [0.2, 0.25) is 0 Å². The molecule has 15 aromatic rings. The van der Waals surface area contributed by atoms with Crippen LogP contribution in [0.5, 0.6) is 0 Å². The second kappa shape index (κ2) is 19.0. The van der Waals surface area contributed by atoms with Crippen LogP contribution in [-0.2, 0) is 0 Å². The summed E-state index contributed by atoms with van der Waals surface area (Å²) in [5, 5.41) is 6.99. The summed E-state index contributed by atoms with van der Waals surface area (Å²) in [6.45, 7) is 0. The van der Waals surface area contributed by atoms with Gasteiger partial charge < -0.3 is 0 Å². The molecule has 0 saturated carbocycles. The first-order valence-electron chi connectivity index (χ1n) is 27.8. The number of allylic oxidation sites excluding steroid dienone is 4. The van der Waals surface area contributed by atoms with Gasteiger partial charge in [-0.25, -0.2) is 15.0 Å². The second-order valence-corrected chi connectivity index (χ2v) is 21.0. The van der Waals surface area contributed by atoms with Crippen molar-refractivity contribution in [3.8, 4) is 73.3 Å². The van der Waals surface area contributed by atoms with Gasteiger partial charge in [0.25, 0.3) is 0 Å². The second-order valence-electron chi connectivity index (χ2n) is 21.0. The summed E-state index contributed by atoms with van der Waals surface area (Å²) in [6, 6.07) is 93.9. The number of hydrogen-bond acceptors (Lipinski definition) is 3. The number of aromatic nitrogens is 6. The molecule has 0 unspecified atom stereocenters. The number of rotatable bonds is 9. The van der Waals surface area contributed by atoms with Crippen LogP contribution in [-0.4, -0.2) is 28.7 Å². The van der Waals surface area contributed by atoms with Crippen LogP contribution in [0.15, 0.2) is 279 Å². The minimum atomic E-state index is 0.856. The predicted molar refractivity (Wildman–Crippen MR) is 336 cm³/mol. The van der Waals surface area contributed by atoms with Crippen molar-refractivity contribution in [1.82, 2.24) is 28.7 Å². The van der Waals surface area contributed by atoms with E-state index in [2.05, 4.69) is 293 Å². The Labute approximate surface area is 468 Å². The highest BCUT2D eigenvalue weighted by Gasteiger charge is 2.24. The van der Waals surface area contributed by atoms with Crippen LogP contribution in [0.1, 0.15) is 18.5 Å². The molecule has 1 aliphatic rings. The number of fused-ring (bicyclic) bond motifs is 9. The van der Waals surface area contributed by atoms with Crippen LogP contribution < -0.4 is 0 Å². The van der Waals surface area contributed by atoms with Crippen molar-refractivity contribution in [2.45, 2.75) is 12.8 Å². The Kier molecular flexibility index (Phi) is 10.9. The summed E-state index contributed by atoms with van der Waals surface area (Å²) in [5.41, 5.74) is 19.2. The number of hydrogen-bond donors (Lipinski definition) is 0. The zero-order valence-electron chi connectivity index (χ0n) is 44.2. The van der Waals surface area contributed by atoms with E-state index in [1.807, 2.05) is 0 Å². The van der Waals surface area contributed by atoms with Crippen LogP contribution >= 0.6 is 0 Å². The molecule has 16 rings (SSSR count). The summed E-state index contributed by atoms with van der Waals surface area (Å²) < 4.78 is 7.13. The van der Waals surface area contributed by atoms with E-state index in [-0.39, 0.29) is 0 Å². The van der Waals surface area contributed by atoms with Gasteiger partial charge >= 0.3 is 0 Å². The number of para-hydroxylation sites is 6. The molecule has 0 fully saturated rings. The Hall–Kier alpha value is -10.7. The van der Waals surface area contributed by atoms with Gasteiger partial charge in [0.1, 0.15) is 17.5 Å². The first-order chi connectivity index (χ1) is 40.2. The zero-order valence-corrected chi connectivity index (χ0v) is 44.2. The average molecular weight is 1040 g/mol. The Balaban J connectivity index is 1.00. The van der Waals surface area contributed by atoms with Crippen LogP contribution in [0.25, 0.3) is 144 Å². The Morgan fingerprint density at radius 1 is 0.272 bits per heavy atom. The maximum absolute atomic E-state index is 5.47. The van der Waals surface area contributed by atoms with E-state index in [0.717, 1.165) is 147 Å². The third-order valence-corrected chi connectivity index (χ3v) is 16.3. The van der Waals surface area contributed by atoms with E-state index in [4.69, 9.17) is 15.0 Å². The Morgan fingerprint density at radius 2 is 0.617 bits per heavy atom. The van der Waals surface area contributed by atoms with Gasteiger partial charge in [0.15, 0.2) is 0 Å². The Morgan fingerprint density at radius 3 is 1.01 bits per heavy atom. The van der Waals surface area contributed by atoms with E-state index >= 15 is 0 Å². The molecule has 0 amide bonds. The first kappa shape index (κ1) is 46.4. The Bertz CT molecular complexity index is 4830. The molecule has 0 N–H and O–H groups in total. The van der Waals surface area contributed by atoms with Gasteiger partial charge in [0.05, 0.1) is 50.2 Å². The standard InChI is InChI=1S/C75H50N6/c1-4-22-49(23-5-1)64-37-19-43-70(76-64)79-67-40-13-10-28-58(67)61-34-16-31-55(73(61)79)52-46-53(56-32-17-35-62-59-29-11-14-41-68(59)80(74(56)62)71-44-20-38-65(77-71)50-24-6-2-7-25-50)48-54(47-52)57-33-18-36-63-60-30-12-15-42-69(60)81(75(57)63)72-45-21-39-66(78-72)51-26-8-3-9-27-51/h1-2,4-8,10-48H,3,9H2. The van der Waals surface area contributed by atoms with E-state index in [1.54, 1.807) is 0 Å². The third-order valence-electron chi connectivity index (χ3n) is 16.3. The summed E-state index contributed by atoms with van der Waals surface area (Å²) in [6.07, 6.45) is 8.83. The van der Waals surface area contributed by atoms with Gasteiger partial charge in [-0.1, -0.05) is 206 Å². The maximum Gasteiger partial charge on any atom is 0.138 e. The van der Waals surface area contributed by atoms with E-state index in [9.17, 15) is 0 Å². The lowest BCUT2D eigenvalue weighted by Crippen LogP contribution is -2.01. The molecule has 0 radical (unpaired) electrons. The van der Waals surface area contributed by atoms with Gasteiger partial charge in [-0.05, 0) is 108 Å². The van der Waals surface area contributed by atoms with Crippen molar-refractivity contribution >= 4 is 71.0 Å². The average Bonchev–Trinajstić information content (AvgIpc) is 4.26. The first-order valence-corrected chi connectivity index (χ1v) is 27.8. The lowest BCUT2D eigenvalue weighted by Gasteiger charge is -2.17. The molecule has 0 aliphatic heterocycles. The smallest absolute Gasteiger partial charge is 0.138 e. The molecular weight excluding hydrogens is 985 g/mol. The summed E-state index contributed by atoms with van der Waals surface area (Å²) in [5.74, 6) is 2.59. The highest BCUT2D eigenvalue weighted by Crippen LogP contribution is 2.46. The predicted octanol–water partition coefficient (Wildman–Crippen LogP) is 19.2. The fraction of sp³-hybridized carbons (Fsp3) is 0.0267. The number of nitrogens with zero attached hydrogens (tertiary/aromatic N) is 6. The molecule has 81 heavy (non-hydrogen) atoms. The highest BCUT2D eigenvalue weighted by molar-refractivity contribution is 6.17. The van der Waals surface area contributed by atoms with Crippen molar-refractivity contribution < 1.29 is 0 Å². The molecule has 6 nitrogen and oxygen atoms in total. The van der Waals surface area contributed by atoms with Crippen molar-refractivity contribution in [3.05, 3.63) is 285 Å². The van der Waals surface area contributed by atoms with Gasteiger partial charge in [-0.2, -0.15) is 0 Å². The lowest BCUT2D eigenvalue weighted by atomic mass is 9.91. The lowest BCUT2D eigenvalue weighted by molar-refractivity contribution is 1.03. The monoisotopic (exact) mass is 1030 g/mol. The molecule has 0 spiro atoms. The molecule has 6 heterocycles. The van der Waals surface area contributed by atoms with Crippen molar-refractivity contribution in [3.63, 3.8) is 0 Å². The molecular formula is C75H50N6. The normalized spacial score (nSPS) is 12.6. The maximum atomic E-state index is 5.47. The van der Waals surface area contributed by atoms with E-state index < -0.39 is 0 Å². The summed E-state index contributed by atoms with van der Waals surface area (Å²) >= 11 is 0. The quantitative estimate of drug-likeness (QED) is 0.145. The van der Waals surface area contributed by atoms with Crippen LogP contribution in [0.4, 0.5) is 0 Å². The molecule has 9 aromatic carbocycles. The topological polar surface area (TPSA) is 53.5 Å². The highest BCUT2D eigenvalue weighted by atomic mass is 15.1. The fourth-order valence-electron chi connectivity index (χ4n) is 12.7. The summed E-state index contributed by atoms with van der Waals surface area (Å²) in [4.78, 5) is 16.3. The number of pyridine rings is 3. The van der Waals surface area contributed by atoms with Gasteiger partial charge in [-0.15, -0.1) is 0 Å². The zero-order chi connectivity index (χ0) is 53.4. The molecule has 0 atom stereocenters. The van der Waals surface area contributed by atoms with Crippen molar-refractivity contribution in [1.29, 1.82) is 0 Å². The molecule has 380 valence electrons. The minimum Gasteiger partial charge on any atom is -0.293 e. The molecule has 0 bridgehead atoms. The van der Waals surface area contributed by atoms with Crippen LogP contribution in [0, 0.1) is 0 Å². The van der Waals surface area contributed by atoms with E-state index in [1.165, 1.54) is 16.2 Å². The van der Waals surface area contributed by atoms with Crippen molar-refractivity contribution in [2.24, 2.45) is 0 Å². The largest absolute Gasteiger partial charge is 0.293 e. The molecule has 6 aromatic heterocycles. The van der Waals surface area contributed by atoms with Gasteiger partial charge in [-0.3, -0.25) is 13.7 Å². The molecule has 6 heteroatoms. The molecule has 1 aliphatic carbocycles. The van der Waals surface area contributed by atoms with Gasteiger partial charge in [0, 0.05) is 60.1 Å².